The minimum Gasteiger partial charge on any atom is -0.349 e. The number of carbonyl (C=O) groups is 1. The zero-order chi connectivity index (χ0) is 23.5. The molecule has 5 rings (SSSR count). The smallest absolute Gasteiger partial charge is 0.264 e. The highest BCUT2D eigenvalue weighted by Gasteiger charge is 2.28. The zero-order valence-corrected chi connectivity index (χ0v) is 20.1. The number of benzene rings is 3. The maximum atomic E-state index is 13.3. The molecule has 3 aromatic carbocycles. The lowest BCUT2D eigenvalue weighted by molar-refractivity contribution is -0.121. The molecule has 176 valence electrons. The zero-order valence-electron chi connectivity index (χ0n) is 19.2. The minimum atomic E-state index is -3.62. The van der Waals surface area contributed by atoms with Crippen molar-refractivity contribution in [3.63, 3.8) is 0 Å². The van der Waals surface area contributed by atoms with Crippen molar-refractivity contribution in [1.29, 1.82) is 0 Å². The second-order valence-electron chi connectivity index (χ2n) is 9.16. The van der Waals surface area contributed by atoms with E-state index in [4.69, 9.17) is 0 Å². The van der Waals surface area contributed by atoms with Crippen LogP contribution in [0.2, 0.25) is 0 Å². The summed E-state index contributed by atoms with van der Waals surface area (Å²) in [6.07, 6.45) is 5.79. The third-order valence-corrected chi connectivity index (χ3v) is 8.75. The molecular weight excluding hydrogens is 444 g/mol. The Kier molecular flexibility index (Phi) is 6.42. The first-order valence-corrected chi connectivity index (χ1v) is 13.5. The molecule has 2 aliphatic rings. The molecule has 1 heterocycles. The van der Waals surface area contributed by atoms with Crippen molar-refractivity contribution in [2.75, 3.05) is 10.8 Å². The highest BCUT2D eigenvalue weighted by molar-refractivity contribution is 7.92. The molecule has 1 N–H and O–H groups in total. The molecule has 1 unspecified atom stereocenters. The highest BCUT2D eigenvalue weighted by Crippen LogP contribution is 2.32. The SMILES string of the molecule is O=C(CCc1ccc(S(=O)(=O)N2CCCc3ccccc32)cc1)NC1CCCc2ccccc21. The standard InChI is InChI=1S/C28H30N2O3S/c31-28(29-26-12-5-9-22-7-1-3-11-25(22)26)19-16-21-14-17-24(18-15-21)34(32,33)30-20-6-10-23-8-2-4-13-27(23)30/h1-4,7-8,11,13-15,17-18,26H,5-6,9-10,12,16,19-20H2,(H,29,31). The van der Waals surface area contributed by atoms with Gasteiger partial charge in [0.2, 0.25) is 5.91 Å². The van der Waals surface area contributed by atoms with Gasteiger partial charge in [-0.1, -0.05) is 54.6 Å². The van der Waals surface area contributed by atoms with Crippen LogP contribution in [-0.2, 0) is 34.1 Å². The molecule has 0 saturated heterocycles. The number of nitrogens with zero attached hydrogens (tertiary/aromatic N) is 1. The Morgan fingerprint density at radius 2 is 1.59 bits per heavy atom. The van der Waals surface area contributed by atoms with Gasteiger partial charge in [-0.05, 0) is 79.0 Å². The van der Waals surface area contributed by atoms with Gasteiger partial charge in [0, 0.05) is 13.0 Å². The van der Waals surface area contributed by atoms with Crippen LogP contribution in [0.1, 0.15) is 54.0 Å². The number of hydrogen-bond donors (Lipinski definition) is 1. The molecule has 0 saturated carbocycles. The fraction of sp³-hybridized carbons (Fsp3) is 0.321. The molecule has 1 aliphatic carbocycles. The van der Waals surface area contributed by atoms with Crippen LogP contribution in [0.4, 0.5) is 5.69 Å². The molecule has 5 nitrogen and oxygen atoms in total. The van der Waals surface area contributed by atoms with Crippen LogP contribution in [0.5, 0.6) is 0 Å². The first-order chi connectivity index (χ1) is 16.5. The first kappa shape index (κ1) is 22.7. The van der Waals surface area contributed by atoms with E-state index in [2.05, 4.69) is 23.5 Å². The fourth-order valence-corrected chi connectivity index (χ4v) is 6.67. The third-order valence-electron chi connectivity index (χ3n) is 6.92. The van der Waals surface area contributed by atoms with E-state index in [1.807, 2.05) is 42.5 Å². The number of amides is 1. The highest BCUT2D eigenvalue weighted by atomic mass is 32.2. The number of nitrogens with one attached hydrogen (secondary N) is 1. The van der Waals surface area contributed by atoms with E-state index in [1.165, 1.54) is 15.4 Å². The molecule has 0 spiro atoms. The number of aryl methyl sites for hydroxylation is 3. The van der Waals surface area contributed by atoms with E-state index in [9.17, 15) is 13.2 Å². The van der Waals surface area contributed by atoms with E-state index in [-0.39, 0.29) is 16.8 Å². The van der Waals surface area contributed by atoms with Gasteiger partial charge >= 0.3 is 0 Å². The normalized spacial score (nSPS) is 17.5. The van der Waals surface area contributed by atoms with Crippen molar-refractivity contribution in [2.24, 2.45) is 0 Å². The van der Waals surface area contributed by atoms with Crippen molar-refractivity contribution in [2.45, 2.75) is 55.9 Å². The van der Waals surface area contributed by atoms with Crippen molar-refractivity contribution < 1.29 is 13.2 Å². The monoisotopic (exact) mass is 474 g/mol. The third kappa shape index (κ3) is 4.60. The summed E-state index contributed by atoms with van der Waals surface area (Å²) in [7, 11) is -3.62. The van der Waals surface area contributed by atoms with E-state index in [1.54, 1.807) is 12.1 Å². The molecule has 0 bridgehead atoms. The van der Waals surface area contributed by atoms with Gasteiger partial charge in [-0.2, -0.15) is 0 Å². The lowest BCUT2D eigenvalue weighted by Crippen LogP contribution is -2.35. The molecule has 0 radical (unpaired) electrons. The fourth-order valence-electron chi connectivity index (χ4n) is 5.13. The van der Waals surface area contributed by atoms with Crippen molar-refractivity contribution >= 4 is 21.6 Å². The molecule has 34 heavy (non-hydrogen) atoms. The number of sulfonamides is 1. The van der Waals surface area contributed by atoms with Gasteiger partial charge in [0.15, 0.2) is 0 Å². The minimum absolute atomic E-state index is 0.0309. The number of rotatable bonds is 6. The van der Waals surface area contributed by atoms with Crippen molar-refractivity contribution in [3.8, 4) is 0 Å². The summed E-state index contributed by atoms with van der Waals surface area (Å²) in [5.74, 6) is 0.0309. The average molecular weight is 475 g/mol. The van der Waals surface area contributed by atoms with Crippen LogP contribution in [0.15, 0.2) is 77.7 Å². The Labute approximate surface area is 201 Å². The summed E-state index contributed by atoms with van der Waals surface area (Å²) in [4.78, 5) is 12.9. The number of anilines is 1. The van der Waals surface area contributed by atoms with Crippen LogP contribution in [0.3, 0.4) is 0 Å². The number of hydrogen-bond acceptors (Lipinski definition) is 3. The van der Waals surface area contributed by atoms with Gasteiger partial charge < -0.3 is 5.32 Å². The summed E-state index contributed by atoms with van der Waals surface area (Å²) >= 11 is 0. The molecule has 0 aromatic heterocycles. The molecule has 1 aliphatic heterocycles. The molecule has 3 aromatic rings. The summed E-state index contributed by atoms with van der Waals surface area (Å²) < 4.78 is 28.1. The largest absolute Gasteiger partial charge is 0.349 e. The first-order valence-electron chi connectivity index (χ1n) is 12.1. The maximum Gasteiger partial charge on any atom is 0.264 e. The van der Waals surface area contributed by atoms with Crippen LogP contribution >= 0.6 is 0 Å². The summed E-state index contributed by atoms with van der Waals surface area (Å²) in [5.41, 5.74) is 5.36. The van der Waals surface area contributed by atoms with Crippen LogP contribution < -0.4 is 9.62 Å². The number of carbonyl (C=O) groups excluding carboxylic acids is 1. The Hall–Kier alpha value is -3.12. The number of para-hydroxylation sites is 1. The summed E-state index contributed by atoms with van der Waals surface area (Å²) in [6.45, 7) is 0.492. The predicted molar refractivity (Wildman–Crippen MR) is 134 cm³/mol. The van der Waals surface area contributed by atoms with E-state index in [0.29, 0.717) is 19.4 Å². The quantitative estimate of drug-likeness (QED) is 0.549. The van der Waals surface area contributed by atoms with Gasteiger partial charge in [-0.15, -0.1) is 0 Å². The van der Waals surface area contributed by atoms with Gasteiger partial charge in [0.25, 0.3) is 10.0 Å². The van der Waals surface area contributed by atoms with E-state index < -0.39 is 10.0 Å². The lowest BCUT2D eigenvalue weighted by Gasteiger charge is -2.30. The van der Waals surface area contributed by atoms with Crippen molar-refractivity contribution in [1.82, 2.24) is 5.32 Å². The lowest BCUT2D eigenvalue weighted by atomic mass is 9.87. The molecule has 1 atom stereocenters. The van der Waals surface area contributed by atoms with Gasteiger partial charge in [0.1, 0.15) is 0 Å². The van der Waals surface area contributed by atoms with Gasteiger partial charge in [-0.3, -0.25) is 9.10 Å². The average Bonchev–Trinajstić information content (AvgIpc) is 2.87. The van der Waals surface area contributed by atoms with Crippen LogP contribution in [-0.4, -0.2) is 20.9 Å². The summed E-state index contributed by atoms with van der Waals surface area (Å²) in [6, 6.07) is 23.1. The van der Waals surface area contributed by atoms with Gasteiger partial charge in [-0.25, -0.2) is 8.42 Å². The second-order valence-corrected chi connectivity index (χ2v) is 11.0. The maximum absolute atomic E-state index is 13.3. The Balaban J connectivity index is 1.22. The predicted octanol–water partition coefficient (Wildman–Crippen LogP) is 4.95. The molecule has 1 amide bonds. The molecular formula is C28H30N2O3S. The van der Waals surface area contributed by atoms with E-state index >= 15 is 0 Å². The molecule has 0 fully saturated rings. The second kappa shape index (κ2) is 9.63. The Bertz CT molecular complexity index is 1290. The van der Waals surface area contributed by atoms with Crippen LogP contribution in [0.25, 0.3) is 0 Å². The van der Waals surface area contributed by atoms with Crippen LogP contribution in [0, 0.1) is 0 Å². The van der Waals surface area contributed by atoms with Gasteiger partial charge in [0.05, 0.1) is 16.6 Å². The molecule has 6 heteroatoms. The number of fused-ring (bicyclic) bond motifs is 2. The topological polar surface area (TPSA) is 66.5 Å². The van der Waals surface area contributed by atoms with Crippen molar-refractivity contribution in [3.05, 3.63) is 95.1 Å². The summed E-state index contributed by atoms with van der Waals surface area (Å²) in [5, 5.41) is 3.19. The van der Waals surface area contributed by atoms with E-state index in [0.717, 1.165) is 48.9 Å². The Morgan fingerprint density at radius 1 is 0.882 bits per heavy atom. The Morgan fingerprint density at radius 3 is 2.41 bits per heavy atom.